The van der Waals surface area contributed by atoms with Crippen LogP contribution in [-0.4, -0.2) is 18.7 Å². The number of methoxy groups -OCH3 is 1. The summed E-state index contributed by atoms with van der Waals surface area (Å²) in [6.07, 6.45) is 0.955. The minimum atomic E-state index is -1.53. The molecule has 0 radical (unpaired) electrons. The van der Waals surface area contributed by atoms with Gasteiger partial charge in [0.05, 0.1) is 6.26 Å². The molecule has 1 unspecified atom stereocenters. The lowest BCUT2D eigenvalue weighted by atomic mass is 10.1. The number of hydrogen-bond acceptors (Lipinski definition) is 4. The van der Waals surface area contributed by atoms with E-state index >= 15 is 0 Å². The van der Waals surface area contributed by atoms with E-state index in [0.717, 1.165) is 6.26 Å². The molecule has 1 atom stereocenters. The van der Waals surface area contributed by atoms with Gasteiger partial charge in [0.15, 0.2) is 0 Å². The SMILES string of the molecule is C=COC(=O)C(C)(C#N)OC. The first-order chi connectivity index (χ1) is 5.10. The molecule has 0 saturated heterocycles. The molecule has 0 spiro atoms. The molecule has 4 heteroatoms. The molecule has 11 heavy (non-hydrogen) atoms. The van der Waals surface area contributed by atoms with Crippen molar-refractivity contribution in [1.29, 1.82) is 5.26 Å². The Morgan fingerprint density at radius 1 is 1.82 bits per heavy atom. The van der Waals surface area contributed by atoms with Crippen molar-refractivity contribution < 1.29 is 14.3 Å². The minimum Gasteiger partial charge on any atom is -0.432 e. The highest BCUT2D eigenvalue weighted by Gasteiger charge is 2.34. The highest BCUT2D eigenvalue weighted by molar-refractivity contribution is 5.82. The molecule has 0 heterocycles. The summed E-state index contributed by atoms with van der Waals surface area (Å²) in [6, 6.07) is 1.67. The van der Waals surface area contributed by atoms with E-state index in [1.54, 1.807) is 6.07 Å². The number of carbonyl (C=O) groups is 1. The predicted molar refractivity (Wildman–Crippen MR) is 37.3 cm³/mol. The zero-order chi connectivity index (χ0) is 8.91. The summed E-state index contributed by atoms with van der Waals surface area (Å²) in [7, 11) is 1.26. The van der Waals surface area contributed by atoms with Crippen LogP contribution in [0.3, 0.4) is 0 Å². The van der Waals surface area contributed by atoms with E-state index in [0.29, 0.717) is 0 Å². The van der Waals surface area contributed by atoms with Gasteiger partial charge in [-0.25, -0.2) is 4.79 Å². The van der Waals surface area contributed by atoms with Crippen LogP contribution in [0.25, 0.3) is 0 Å². The fourth-order valence-electron chi connectivity index (χ4n) is 0.363. The molecule has 0 amide bonds. The van der Waals surface area contributed by atoms with Crippen LogP contribution >= 0.6 is 0 Å². The van der Waals surface area contributed by atoms with Gasteiger partial charge in [-0.15, -0.1) is 0 Å². The van der Waals surface area contributed by atoms with Crippen molar-refractivity contribution >= 4 is 5.97 Å². The summed E-state index contributed by atoms with van der Waals surface area (Å²) < 4.78 is 8.98. The largest absolute Gasteiger partial charge is 0.432 e. The van der Waals surface area contributed by atoms with Gasteiger partial charge < -0.3 is 9.47 Å². The molecule has 0 aromatic rings. The van der Waals surface area contributed by atoms with Gasteiger partial charge in [0.2, 0.25) is 5.60 Å². The molecule has 0 rings (SSSR count). The molecule has 0 aliphatic heterocycles. The lowest BCUT2D eigenvalue weighted by molar-refractivity contribution is -0.154. The van der Waals surface area contributed by atoms with Crippen molar-refractivity contribution in [3.05, 3.63) is 12.8 Å². The van der Waals surface area contributed by atoms with Crippen molar-refractivity contribution in [3.63, 3.8) is 0 Å². The van der Waals surface area contributed by atoms with Crippen molar-refractivity contribution in [2.75, 3.05) is 7.11 Å². The molecule has 60 valence electrons. The zero-order valence-corrected chi connectivity index (χ0v) is 6.46. The third kappa shape index (κ3) is 2.06. The maximum absolute atomic E-state index is 10.9. The lowest BCUT2D eigenvalue weighted by Gasteiger charge is -2.15. The number of nitrogens with zero attached hydrogens (tertiary/aromatic N) is 1. The number of rotatable bonds is 3. The summed E-state index contributed by atoms with van der Waals surface area (Å²) in [5.74, 6) is -0.766. The summed E-state index contributed by atoms with van der Waals surface area (Å²) in [4.78, 5) is 10.9. The Kier molecular flexibility index (Phi) is 3.28. The molecule has 0 saturated carbocycles. The fourth-order valence-corrected chi connectivity index (χ4v) is 0.363. The number of nitriles is 1. The van der Waals surface area contributed by atoms with Gasteiger partial charge in [-0.05, 0) is 6.92 Å². The van der Waals surface area contributed by atoms with Crippen LogP contribution in [0.2, 0.25) is 0 Å². The van der Waals surface area contributed by atoms with E-state index in [2.05, 4.69) is 16.1 Å². The molecule has 0 aliphatic rings. The van der Waals surface area contributed by atoms with Gasteiger partial charge in [-0.2, -0.15) is 5.26 Å². The summed E-state index contributed by atoms with van der Waals surface area (Å²) in [6.45, 7) is 4.49. The highest BCUT2D eigenvalue weighted by Crippen LogP contribution is 2.09. The Hall–Kier alpha value is -1.34. The molecule has 0 aromatic carbocycles. The van der Waals surface area contributed by atoms with Crippen LogP contribution in [0.15, 0.2) is 12.8 Å². The van der Waals surface area contributed by atoms with E-state index in [-0.39, 0.29) is 0 Å². The van der Waals surface area contributed by atoms with Crippen molar-refractivity contribution in [3.8, 4) is 6.07 Å². The predicted octanol–water partition coefficient (Wildman–Crippen LogP) is 0.602. The van der Waals surface area contributed by atoms with Gasteiger partial charge in [0, 0.05) is 7.11 Å². The molecule has 0 bridgehead atoms. The minimum absolute atomic E-state index is 0.766. The van der Waals surface area contributed by atoms with Crippen LogP contribution in [0.4, 0.5) is 0 Å². The molecular formula is C7H9NO3. The van der Waals surface area contributed by atoms with Gasteiger partial charge in [0.25, 0.3) is 0 Å². The smallest absolute Gasteiger partial charge is 0.357 e. The summed E-state index contributed by atoms with van der Waals surface area (Å²) >= 11 is 0. The highest BCUT2D eigenvalue weighted by atomic mass is 16.6. The quantitative estimate of drug-likeness (QED) is 0.442. The van der Waals surface area contributed by atoms with Gasteiger partial charge in [-0.1, -0.05) is 6.58 Å². The maximum Gasteiger partial charge on any atom is 0.357 e. The van der Waals surface area contributed by atoms with Gasteiger partial charge in [-0.3, -0.25) is 0 Å². The monoisotopic (exact) mass is 155 g/mol. The Bertz CT molecular complexity index is 206. The lowest BCUT2D eigenvalue weighted by Crippen LogP contribution is -2.36. The van der Waals surface area contributed by atoms with E-state index in [1.807, 2.05) is 0 Å². The normalized spacial score (nSPS) is 14.3. The third-order valence-electron chi connectivity index (χ3n) is 1.20. The molecular weight excluding hydrogens is 146 g/mol. The second kappa shape index (κ2) is 3.74. The van der Waals surface area contributed by atoms with Crippen LogP contribution < -0.4 is 0 Å². The van der Waals surface area contributed by atoms with Crippen LogP contribution in [0, 0.1) is 11.3 Å². The second-order valence-electron chi connectivity index (χ2n) is 1.92. The molecule has 0 aromatic heterocycles. The van der Waals surface area contributed by atoms with E-state index in [1.165, 1.54) is 14.0 Å². The first kappa shape index (κ1) is 9.66. The fraction of sp³-hybridized carbons (Fsp3) is 0.429. The van der Waals surface area contributed by atoms with Gasteiger partial charge in [0.1, 0.15) is 6.07 Å². The first-order valence-electron chi connectivity index (χ1n) is 2.89. The Balaban J connectivity index is 4.40. The van der Waals surface area contributed by atoms with Crippen molar-refractivity contribution in [1.82, 2.24) is 0 Å². The van der Waals surface area contributed by atoms with Crippen molar-refractivity contribution in [2.45, 2.75) is 12.5 Å². The average Bonchev–Trinajstić information content (AvgIpc) is 2.03. The van der Waals surface area contributed by atoms with Crippen molar-refractivity contribution in [2.24, 2.45) is 0 Å². The number of carbonyl (C=O) groups excluding carboxylic acids is 1. The number of esters is 1. The molecule has 0 aliphatic carbocycles. The maximum atomic E-state index is 10.9. The van der Waals surface area contributed by atoms with E-state index < -0.39 is 11.6 Å². The zero-order valence-electron chi connectivity index (χ0n) is 6.46. The second-order valence-corrected chi connectivity index (χ2v) is 1.92. The van der Waals surface area contributed by atoms with Crippen LogP contribution in [0.1, 0.15) is 6.92 Å². The molecule has 4 nitrogen and oxygen atoms in total. The number of ether oxygens (including phenoxy) is 2. The first-order valence-corrected chi connectivity index (χ1v) is 2.89. The topological polar surface area (TPSA) is 59.3 Å². The Morgan fingerprint density at radius 2 is 2.36 bits per heavy atom. The molecule has 0 N–H and O–H groups in total. The Labute approximate surface area is 65.0 Å². The summed E-state index contributed by atoms with van der Waals surface area (Å²) in [5, 5.41) is 8.47. The van der Waals surface area contributed by atoms with E-state index in [4.69, 9.17) is 5.26 Å². The average molecular weight is 155 g/mol. The Morgan fingerprint density at radius 3 is 2.64 bits per heavy atom. The van der Waals surface area contributed by atoms with E-state index in [9.17, 15) is 4.79 Å². The number of hydrogen-bond donors (Lipinski definition) is 0. The van der Waals surface area contributed by atoms with Crippen LogP contribution in [0.5, 0.6) is 0 Å². The summed E-state index contributed by atoms with van der Waals surface area (Å²) in [5.41, 5.74) is -1.53. The van der Waals surface area contributed by atoms with Gasteiger partial charge >= 0.3 is 5.97 Å². The third-order valence-corrected chi connectivity index (χ3v) is 1.20. The standard InChI is InChI=1S/C7H9NO3/c1-4-11-6(9)7(2,5-8)10-3/h4H,1H2,2-3H3. The van der Waals surface area contributed by atoms with Crippen LogP contribution in [-0.2, 0) is 14.3 Å². The molecule has 0 fully saturated rings.